The van der Waals surface area contributed by atoms with Gasteiger partial charge in [0.05, 0.1) is 13.2 Å². The van der Waals surface area contributed by atoms with Crippen molar-refractivity contribution in [3.63, 3.8) is 0 Å². The zero-order valence-corrected chi connectivity index (χ0v) is 11.0. The van der Waals surface area contributed by atoms with Crippen LogP contribution < -0.4 is 0 Å². The third kappa shape index (κ3) is 2.65. The molecule has 0 bridgehead atoms. The molecule has 1 unspecified atom stereocenters. The highest BCUT2D eigenvalue weighted by Crippen LogP contribution is 2.37. The van der Waals surface area contributed by atoms with Crippen LogP contribution in [0.2, 0.25) is 0 Å². The summed E-state index contributed by atoms with van der Waals surface area (Å²) < 4.78 is 6.32. The van der Waals surface area contributed by atoms with Crippen LogP contribution in [0.25, 0.3) is 0 Å². The molecule has 3 heteroatoms. The van der Waals surface area contributed by atoms with E-state index in [0.29, 0.717) is 0 Å². The Kier molecular flexibility index (Phi) is 3.67. The van der Waals surface area contributed by atoms with Crippen molar-refractivity contribution < 1.29 is 9.84 Å². The number of halogens is 1. The molecule has 1 saturated heterocycles. The highest BCUT2D eigenvalue weighted by molar-refractivity contribution is 9.10. The van der Waals surface area contributed by atoms with Crippen LogP contribution in [0.5, 0.6) is 0 Å². The summed E-state index contributed by atoms with van der Waals surface area (Å²) in [6.45, 7) is 4.05. The molecule has 2 nitrogen and oxygen atoms in total. The lowest BCUT2D eigenvalue weighted by Gasteiger charge is -2.40. The largest absolute Gasteiger partial charge is 0.396 e. The molecule has 0 saturated carbocycles. The van der Waals surface area contributed by atoms with Crippen LogP contribution in [0.4, 0.5) is 0 Å². The van der Waals surface area contributed by atoms with Gasteiger partial charge in [-0.25, -0.2) is 0 Å². The molecule has 88 valence electrons. The first-order valence-corrected chi connectivity index (χ1v) is 6.36. The lowest BCUT2D eigenvalue weighted by Crippen LogP contribution is -2.41. The number of benzene rings is 1. The van der Waals surface area contributed by atoms with E-state index in [9.17, 15) is 5.11 Å². The molecule has 2 rings (SSSR count). The van der Waals surface area contributed by atoms with Crippen LogP contribution in [0.1, 0.15) is 24.8 Å². The van der Waals surface area contributed by atoms with E-state index in [1.807, 2.05) is 12.1 Å². The minimum Gasteiger partial charge on any atom is -0.396 e. The third-order valence-electron chi connectivity index (χ3n) is 3.18. The van der Waals surface area contributed by atoms with Crippen molar-refractivity contribution in [2.24, 2.45) is 5.41 Å². The van der Waals surface area contributed by atoms with Crippen molar-refractivity contribution in [1.29, 1.82) is 0 Å². The molecule has 1 atom stereocenters. The Morgan fingerprint density at radius 1 is 1.50 bits per heavy atom. The van der Waals surface area contributed by atoms with Crippen molar-refractivity contribution in [2.75, 3.05) is 19.8 Å². The first-order valence-electron chi connectivity index (χ1n) is 5.57. The summed E-state index contributed by atoms with van der Waals surface area (Å²) in [4.78, 5) is 0. The summed E-state index contributed by atoms with van der Waals surface area (Å²) in [5.74, 6) is 0.214. The predicted octanol–water partition coefficient (Wildman–Crippen LogP) is 2.95. The van der Waals surface area contributed by atoms with Gasteiger partial charge < -0.3 is 9.84 Å². The van der Waals surface area contributed by atoms with Crippen molar-refractivity contribution in [1.82, 2.24) is 0 Å². The molecule has 1 fully saturated rings. The number of aliphatic hydroxyl groups is 1. The van der Waals surface area contributed by atoms with Crippen molar-refractivity contribution in [2.45, 2.75) is 19.3 Å². The van der Waals surface area contributed by atoms with Crippen LogP contribution in [0.3, 0.4) is 0 Å². The van der Waals surface area contributed by atoms with Crippen LogP contribution in [-0.2, 0) is 4.74 Å². The van der Waals surface area contributed by atoms with Crippen molar-refractivity contribution in [3.05, 3.63) is 34.3 Å². The Hall–Kier alpha value is -0.380. The Balaban J connectivity index is 2.10. The molecule has 0 radical (unpaired) electrons. The van der Waals surface area contributed by atoms with Gasteiger partial charge in [0.25, 0.3) is 0 Å². The second-order valence-electron chi connectivity index (χ2n) is 4.94. The highest BCUT2D eigenvalue weighted by Gasteiger charge is 2.35. The second-order valence-corrected chi connectivity index (χ2v) is 5.86. The Morgan fingerprint density at radius 3 is 2.75 bits per heavy atom. The quantitative estimate of drug-likeness (QED) is 0.921. The third-order valence-corrected chi connectivity index (χ3v) is 3.67. The number of rotatable bonds is 4. The van der Waals surface area contributed by atoms with E-state index in [2.05, 4.69) is 35.0 Å². The number of aliphatic hydroxyl groups excluding tert-OH is 1. The maximum atomic E-state index is 9.50. The van der Waals surface area contributed by atoms with Gasteiger partial charge in [0.1, 0.15) is 0 Å². The Morgan fingerprint density at radius 2 is 2.25 bits per heavy atom. The monoisotopic (exact) mass is 284 g/mol. The van der Waals surface area contributed by atoms with Crippen molar-refractivity contribution >= 4 is 15.9 Å². The van der Waals surface area contributed by atoms with Gasteiger partial charge >= 0.3 is 0 Å². The molecule has 0 spiro atoms. The fraction of sp³-hybridized carbons (Fsp3) is 0.538. The number of hydrogen-bond donors (Lipinski definition) is 1. The first kappa shape index (κ1) is 12.1. The molecule has 1 heterocycles. The van der Waals surface area contributed by atoms with Gasteiger partial charge in [-0.15, -0.1) is 0 Å². The minimum atomic E-state index is 0.200. The number of hydrogen-bond acceptors (Lipinski definition) is 2. The average Bonchev–Trinajstić information content (AvgIpc) is 2.23. The van der Waals surface area contributed by atoms with Gasteiger partial charge in [0, 0.05) is 22.4 Å². The number of ether oxygens (including phenoxy) is 1. The smallest absolute Gasteiger partial charge is 0.0542 e. The highest BCUT2D eigenvalue weighted by atomic mass is 79.9. The molecule has 1 aliphatic rings. The Labute approximate surface area is 105 Å². The van der Waals surface area contributed by atoms with Crippen LogP contribution in [-0.4, -0.2) is 24.9 Å². The van der Waals surface area contributed by atoms with E-state index < -0.39 is 0 Å². The SMILES string of the molecule is CC1(CC(CO)c2cccc(Br)c2)COC1. The van der Waals surface area contributed by atoms with Gasteiger partial charge in [-0.2, -0.15) is 0 Å². The van der Waals surface area contributed by atoms with Gasteiger partial charge in [0.2, 0.25) is 0 Å². The summed E-state index contributed by atoms with van der Waals surface area (Å²) in [6.07, 6.45) is 0.986. The maximum Gasteiger partial charge on any atom is 0.0542 e. The summed E-state index contributed by atoms with van der Waals surface area (Å²) in [7, 11) is 0. The van der Waals surface area contributed by atoms with E-state index in [-0.39, 0.29) is 17.9 Å². The summed E-state index contributed by atoms with van der Waals surface area (Å²) in [6, 6.07) is 8.19. The van der Waals surface area contributed by atoms with Gasteiger partial charge in [-0.1, -0.05) is 35.0 Å². The summed E-state index contributed by atoms with van der Waals surface area (Å²) in [5.41, 5.74) is 1.44. The standard InChI is InChI=1S/C13H17BrO2/c1-13(8-16-9-13)6-11(7-15)10-3-2-4-12(14)5-10/h2-5,11,15H,6-9H2,1H3. The molecule has 1 N–H and O–H groups in total. The van der Waals surface area contributed by atoms with Crippen LogP contribution >= 0.6 is 15.9 Å². The minimum absolute atomic E-state index is 0.200. The zero-order valence-electron chi connectivity index (χ0n) is 9.45. The molecule has 0 aromatic heterocycles. The fourth-order valence-electron chi connectivity index (χ4n) is 2.21. The molecular formula is C13H17BrO2. The van der Waals surface area contributed by atoms with Gasteiger partial charge in [-0.05, 0) is 24.1 Å². The Bertz CT molecular complexity index is 361. The average molecular weight is 285 g/mol. The molecule has 1 aliphatic heterocycles. The topological polar surface area (TPSA) is 29.5 Å². The van der Waals surface area contributed by atoms with E-state index in [4.69, 9.17) is 4.74 Å². The second kappa shape index (κ2) is 4.86. The van der Waals surface area contributed by atoms with E-state index in [1.165, 1.54) is 5.56 Å². The predicted molar refractivity (Wildman–Crippen MR) is 67.5 cm³/mol. The van der Waals surface area contributed by atoms with Crippen molar-refractivity contribution in [3.8, 4) is 0 Å². The van der Waals surface area contributed by atoms with Crippen LogP contribution in [0, 0.1) is 5.41 Å². The van der Waals surface area contributed by atoms with Gasteiger partial charge in [-0.3, -0.25) is 0 Å². The maximum absolute atomic E-state index is 9.50. The summed E-state index contributed by atoms with van der Waals surface area (Å²) in [5, 5.41) is 9.50. The first-order chi connectivity index (χ1) is 7.63. The molecule has 0 amide bonds. The zero-order chi connectivity index (χ0) is 11.6. The molecular weight excluding hydrogens is 268 g/mol. The van der Waals surface area contributed by atoms with Crippen LogP contribution in [0.15, 0.2) is 28.7 Å². The van der Waals surface area contributed by atoms with E-state index >= 15 is 0 Å². The molecule has 1 aromatic rings. The van der Waals surface area contributed by atoms with Gasteiger partial charge in [0.15, 0.2) is 0 Å². The van der Waals surface area contributed by atoms with E-state index in [0.717, 1.165) is 24.1 Å². The molecule has 1 aromatic carbocycles. The lowest BCUT2D eigenvalue weighted by atomic mass is 9.77. The lowest BCUT2D eigenvalue weighted by molar-refractivity contribution is -0.110. The summed E-state index contributed by atoms with van der Waals surface area (Å²) >= 11 is 3.46. The molecule has 16 heavy (non-hydrogen) atoms. The normalized spacial score (nSPS) is 20.2. The fourth-order valence-corrected chi connectivity index (χ4v) is 2.63. The molecule has 0 aliphatic carbocycles. The van der Waals surface area contributed by atoms with E-state index in [1.54, 1.807) is 0 Å².